The summed E-state index contributed by atoms with van der Waals surface area (Å²) in [6.07, 6.45) is 1.26. The Bertz CT molecular complexity index is 873. The average Bonchev–Trinajstić information content (AvgIpc) is 2.55. The Labute approximate surface area is 144 Å². The van der Waals surface area contributed by atoms with Crippen LogP contribution in [0.2, 0.25) is 0 Å². The molecule has 2 aromatic rings. The summed E-state index contributed by atoms with van der Waals surface area (Å²) < 4.78 is 14.2. The molecule has 6 nitrogen and oxygen atoms in total. The first-order valence-corrected chi connectivity index (χ1v) is 7.32. The molecule has 0 heterocycles. The van der Waals surface area contributed by atoms with Crippen LogP contribution in [0.4, 0.5) is 15.8 Å². The number of nitrogens with zero attached hydrogens (tertiary/aromatic N) is 2. The van der Waals surface area contributed by atoms with Gasteiger partial charge < -0.3 is 5.32 Å². The third kappa shape index (κ3) is 4.24. The molecule has 0 aliphatic carbocycles. The van der Waals surface area contributed by atoms with Crippen molar-refractivity contribution in [3.8, 4) is 6.07 Å². The minimum atomic E-state index is -0.780. The van der Waals surface area contributed by atoms with Crippen molar-refractivity contribution < 1.29 is 14.1 Å². The van der Waals surface area contributed by atoms with Gasteiger partial charge in [0.15, 0.2) is 0 Å². The van der Waals surface area contributed by atoms with Gasteiger partial charge in [-0.3, -0.25) is 14.9 Å². The fraction of sp³-hybridized carbons (Fsp3) is 0. The van der Waals surface area contributed by atoms with Crippen molar-refractivity contribution in [2.75, 3.05) is 5.32 Å². The molecule has 120 valence electrons. The molecule has 1 N–H and O–H groups in total. The summed E-state index contributed by atoms with van der Waals surface area (Å²) in [6.45, 7) is 0. The maximum Gasteiger partial charge on any atom is 0.269 e. The van der Waals surface area contributed by atoms with Crippen LogP contribution in [0.3, 0.4) is 0 Å². The van der Waals surface area contributed by atoms with Crippen LogP contribution in [0.5, 0.6) is 0 Å². The Morgan fingerprint density at radius 1 is 1.29 bits per heavy atom. The highest BCUT2D eigenvalue weighted by Crippen LogP contribution is 2.20. The minimum absolute atomic E-state index is 0.0620. The second-order valence-electron chi connectivity index (χ2n) is 4.60. The summed E-state index contributed by atoms with van der Waals surface area (Å²) in [5.41, 5.74) is 0.00911. The number of nitriles is 1. The van der Waals surface area contributed by atoms with E-state index in [0.29, 0.717) is 10.0 Å². The Morgan fingerprint density at radius 3 is 2.50 bits per heavy atom. The van der Waals surface area contributed by atoms with Crippen molar-refractivity contribution in [1.29, 1.82) is 5.26 Å². The first-order chi connectivity index (χ1) is 11.4. The quantitative estimate of drug-likeness (QED) is 0.369. The van der Waals surface area contributed by atoms with Gasteiger partial charge in [0.1, 0.15) is 17.5 Å². The number of non-ortho nitro benzene ring substituents is 1. The molecule has 0 aromatic heterocycles. The van der Waals surface area contributed by atoms with Gasteiger partial charge in [0.05, 0.1) is 10.6 Å². The Kier molecular flexibility index (Phi) is 5.39. The number of nitrogens with one attached hydrogen (secondary N) is 1. The van der Waals surface area contributed by atoms with Gasteiger partial charge in [-0.15, -0.1) is 0 Å². The second-order valence-corrected chi connectivity index (χ2v) is 5.51. The van der Waals surface area contributed by atoms with Crippen LogP contribution in [0, 0.1) is 27.3 Å². The van der Waals surface area contributed by atoms with Crippen LogP contribution in [0.1, 0.15) is 5.56 Å². The van der Waals surface area contributed by atoms with Crippen LogP contribution in [0.15, 0.2) is 52.5 Å². The molecule has 0 fully saturated rings. The predicted molar refractivity (Wildman–Crippen MR) is 89.4 cm³/mol. The largest absolute Gasteiger partial charge is 0.319 e. The lowest BCUT2D eigenvalue weighted by atomic mass is 10.1. The Morgan fingerprint density at radius 2 is 1.96 bits per heavy atom. The number of anilines is 1. The van der Waals surface area contributed by atoms with Crippen LogP contribution in [-0.4, -0.2) is 10.8 Å². The van der Waals surface area contributed by atoms with Crippen molar-refractivity contribution in [1.82, 2.24) is 0 Å². The summed E-state index contributed by atoms with van der Waals surface area (Å²) in [5, 5.41) is 22.0. The van der Waals surface area contributed by atoms with Crippen LogP contribution >= 0.6 is 15.9 Å². The van der Waals surface area contributed by atoms with E-state index in [1.807, 2.05) is 0 Å². The number of carbonyl (C=O) groups is 1. The van der Waals surface area contributed by atoms with Crippen molar-refractivity contribution in [3.63, 3.8) is 0 Å². The van der Waals surface area contributed by atoms with Gasteiger partial charge in [-0.1, -0.05) is 15.9 Å². The number of halogens is 2. The topological polar surface area (TPSA) is 96.0 Å². The van der Waals surface area contributed by atoms with Crippen molar-refractivity contribution in [2.45, 2.75) is 0 Å². The van der Waals surface area contributed by atoms with E-state index >= 15 is 0 Å². The van der Waals surface area contributed by atoms with E-state index < -0.39 is 16.6 Å². The number of nitro groups is 1. The molecule has 0 atom stereocenters. The van der Waals surface area contributed by atoms with E-state index in [9.17, 15) is 19.3 Å². The molecular weight excluding hydrogens is 381 g/mol. The zero-order valence-corrected chi connectivity index (χ0v) is 13.6. The summed E-state index contributed by atoms with van der Waals surface area (Å²) in [5.74, 6) is -1.43. The molecule has 0 saturated heterocycles. The van der Waals surface area contributed by atoms with E-state index in [2.05, 4.69) is 21.2 Å². The molecule has 0 aliphatic heterocycles. The van der Waals surface area contributed by atoms with Crippen molar-refractivity contribution in [2.24, 2.45) is 0 Å². The standard InChI is InChI=1S/C16H9BrFN3O3/c17-12-3-6-15(14(18)8-12)20-16(22)11(9-19)7-10-1-4-13(5-2-10)21(23)24/h1-8H,(H,20,22)/b11-7+. The van der Waals surface area contributed by atoms with Crippen LogP contribution in [-0.2, 0) is 4.79 Å². The average molecular weight is 390 g/mol. The van der Waals surface area contributed by atoms with Gasteiger partial charge in [-0.2, -0.15) is 5.26 Å². The number of carbonyl (C=O) groups excluding carboxylic acids is 1. The predicted octanol–water partition coefficient (Wildman–Crippen LogP) is 4.04. The van der Waals surface area contributed by atoms with Gasteiger partial charge in [-0.05, 0) is 42.0 Å². The molecule has 2 rings (SSSR count). The summed E-state index contributed by atoms with van der Waals surface area (Å²) >= 11 is 3.10. The van der Waals surface area contributed by atoms with E-state index in [1.54, 1.807) is 12.1 Å². The number of nitro benzene ring substituents is 1. The molecule has 0 radical (unpaired) electrons. The highest BCUT2D eigenvalue weighted by Gasteiger charge is 2.13. The monoisotopic (exact) mass is 389 g/mol. The third-order valence-electron chi connectivity index (χ3n) is 2.96. The summed E-state index contributed by atoms with van der Waals surface area (Å²) in [4.78, 5) is 22.1. The maximum atomic E-state index is 13.7. The van der Waals surface area contributed by atoms with Crippen molar-refractivity contribution >= 4 is 39.3 Å². The smallest absolute Gasteiger partial charge is 0.269 e. The molecule has 0 spiro atoms. The first kappa shape index (κ1) is 17.3. The SMILES string of the molecule is N#C/C(=C\c1ccc([N+](=O)[O-])cc1)C(=O)Nc1ccc(Br)cc1F. The Balaban J connectivity index is 2.22. The molecule has 0 unspecified atom stereocenters. The second kappa shape index (κ2) is 7.48. The van der Waals surface area contributed by atoms with Crippen LogP contribution < -0.4 is 5.32 Å². The number of amides is 1. The Hall–Kier alpha value is -3.05. The highest BCUT2D eigenvalue weighted by atomic mass is 79.9. The molecule has 0 saturated carbocycles. The summed E-state index contributed by atoms with van der Waals surface area (Å²) in [7, 11) is 0. The van der Waals surface area contributed by atoms with E-state index in [1.165, 1.54) is 42.5 Å². The molecule has 1 amide bonds. The fourth-order valence-electron chi connectivity index (χ4n) is 1.79. The fourth-order valence-corrected chi connectivity index (χ4v) is 2.12. The molecule has 24 heavy (non-hydrogen) atoms. The summed E-state index contributed by atoms with van der Waals surface area (Å²) in [6, 6.07) is 11.1. The minimum Gasteiger partial charge on any atom is -0.319 e. The van der Waals surface area contributed by atoms with Gasteiger partial charge in [0.2, 0.25) is 0 Å². The lowest BCUT2D eigenvalue weighted by molar-refractivity contribution is -0.384. The molecule has 8 heteroatoms. The maximum absolute atomic E-state index is 13.7. The lowest BCUT2D eigenvalue weighted by Gasteiger charge is -2.06. The molecule has 0 aliphatic rings. The van der Waals surface area contributed by atoms with E-state index in [4.69, 9.17) is 5.26 Å². The number of benzene rings is 2. The van der Waals surface area contributed by atoms with Gasteiger partial charge in [0, 0.05) is 16.6 Å². The molecule has 0 bridgehead atoms. The van der Waals surface area contributed by atoms with Gasteiger partial charge >= 0.3 is 0 Å². The molecule has 2 aromatic carbocycles. The normalized spacial score (nSPS) is 10.8. The van der Waals surface area contributed by atoms with Gasteiger partial charge in [-0.25, -0.2) is 4.39 Å². The lowest BCUT2D eigenvalue weighted by Crippen LogP contribution is -2.14. The third-order valence-corrected chi connectivity index (χ3v) is 3.45. The molecular formula is C16H9BrFN3O3. The number of rotatable bonds is 4. The zero-order valence-electron chi connectivity index (χ0n) is 12.0. The number of hydrogen-bond donors (Lipinski definition) is 1. The van der Waals surface area contributed by atoms with E-state index in [0.717, 1.165) is 0 Å². The van der Waals surface area contributed by atoms with Crippen molar-refractivity contribution in [3.05, 3.63) is 74.0 Å². The van der Waals surface area contributed by atoms with Gasteiger partial charge in [0.25, 0.3) is 11.6 Å². The zero-order chi connectivity index (χ0) is 17.7. The van der Waals surface area contributed by atoms with E-state index in [-0.39, 0.29) is 16.9 Å². The first-order valence-electron chi connectivity index (χ1n) is 6.53. The number of hydrogen-bond acceptors (Lipinski definition) is 4. The highest BCUT2D eigenvalue weighted by molar-refractivity contribution is 9.10. The van der Waals surface area contributed by atoms with Crippen LogP contribution in [0.25, 0.3) is 6.08 Å².